The van der Waals surface area contributed by atoms with Gasteiger partial charge >= 0.3 is 0 Å². The van der Waals surface area contributed by atoms with Crippen molar-refractivity contribution in [3.8, 4) is 0 Å². The van der Waals surface area contributed by atoms with E-state index in [0.717, 1.165) is 17.2 Å². The molecule has 1 heterocycles. The number of benzene rings is 2. The first-order valence-corrected chi connectivity index (χ1v) is 8.59. The molecule has 0 bridgehead atoms. The predicted octanol–water partition coefficient (Wildman–Crippen LogP) is 2.03. The Bertz CT molecular complexity index is 857. The van der Waals surface area contributed by atoms with Gasteiger partial charge in [0, 0.05) is 18.7 Å². The molecule has 0 aliphatic carbocycles. The summed E-state index contributed by atoms with van der Waals surface area (Å²) in [7, 11) is 0. The molecule has 6 heteroatoms. The molecule has 3 rings (SSSR count). The molecular weight excluding hydrogens is 330 g/mol. The molecule has 0 saturated carbocycles. The van der Waals surface area contributed by atoms with Crippen LogP contribution in [0.25, 0.3) is 10.8 Å². The third-order valence-electron chi connectivity index (χ3n) is 4.61. The molecule has 0 aromatic heterocycles. The van der Waals surface area contributed by atoms with Crippen LogP contribution in [0.15, 0.2) is 55.1 Å². The van der Waals surface area contributed by atoms with Crippen molar-refractivity contribution in [2.75, 3.05) is 13.1 Å². The van der Waals surface area contributed by atoms with Crippen molar-refractivity contribution < 1.29 is 14.4 Å². The Labute approximate surface area is 151 Å². The molecule has 2 aromatic carbocycles. The number of hydrogen-bond donors (Lipinski definition) is 2. The number of carbonyl (C=O) groups excluding carboxylic acids is 3. The Morgan fingerprint density at radius 1 is 1.08 bits per heavy atom. The van der Waals surface area contributed by atoms with Gasteiger partial charge in [-0.15, -0.1) is 0 Å². The molecule has 1 atom stereocenters. The standard InChI is InChI=1S/C20H21N3O3/c1-2-18(24)23-12-6-9-15(13-23)19(25)21-22-20(26)17-11-5-8-14-7-3-4-10-16(14)17/h2-5,7-8,10-11,15H,1,6,9,12-13H2,(H,21,25)(H,22,26). The zero-order chi connectivity index (χ0) is 18.5. The number of piperidine rings is 1. The highest BCUT2D eigenvalue weighted by molar-refractivity contribution is 6.07. The lowest BCUT2D eigenvalue weighted by Gasteiger charge is -2.31. The van der Waals surface area contributed by atoms with E-state index >= 15 is 0 Å². The average molecular weight is 351 g/mol. The van der Waals surface area contributed by atoms with Crippen molar-refractivity contribution in [1.29, 1.82) is 0 Å². The summed E-state index contributed by atoms with van der Waals surface area (Å²) in [6, 6.07) is 13.0. The van der Waals surface area contributed by atoms with E-state index in [2.05, 4.69) is 17.4 Å². The number of hydrazine groups is 1. The SMILES string of the molecule is C=CC(=O)N1CCCC(C(=O)NNC(=O)c2cccc3ccccc23)C1. The van der Waals surface area contributed by atoms with E-state index in [9.17, 15) is 14.4 Å². The summed E-state index contributed by atoms with van der Waals surface area (Å²) < 4.78 is 0. The zero-order valence-corrected chi connectivity index (χ0v) is 14.4. The van der Waals surface area contributed by atoms with Crippen molar-refractivity contribution in [1.82, 2.24) is 15.8 Å². The molecule has 1 unspecified atom stereocenters. The monoisotopic (exact) mass is 351 g/mol. The minimum atomic E-state index is -0.370. The van der Waals surface area contributed by atoms with Gasteiger partial charge in [0.15, 0.2) is 0 Å². The van der Waals surface area contributed by atoms with Crippen LogP contribution < -0.4 is 10.9 Å². The van der Waals surface area contributed by atoms with Gasteiger partial charge in [-0.2, -0.15) is 0 Å². The molecule has 2 aromatic rings. The Balaban J connectivity index is 1.63. The number of amides is 3. The lowest BCUT2D eigenvalue weighted by atomic mass is 9.97. The largest absolute Gasteiger partial charge is 0.338 e. The number of hydrogen-bond acceptors (Lipinski definition) is 3. The van der Waals surface area contributed by atoms with Crippen LogP contribution in [0, 0.1) is 5.92 Å². The number of fused-ring (bicyclic) bond motifs is 1. The lowest BCUT2D eigenvalue weighted by Crippen LogP contribution is -2.49. The van der Waals surface area contributed by atoms with E-state index in [4.69, 9.17) is 0 Å². The molecule has 2 N–H and O–H groups in total. The van der Waals surface area contributed by atoms with Gasteiger partial charge in [0.1, 0.15) is 0 Å². The predicted molar refractivity (Wildman–Crippen MR) is 99.1 cm³/mol. The Morgan fingerprint density at radius 2 is 1.85 bits per heavy atom. The van der Waals surface area contributed by atoms with Crippen LogP contribution in [0.3, 0.4) is 0 Å². The van der Waals surface area contributed by atoms with Crippen molar-refractivity contribution in [3.63, 3.8) is 0 Å². The van der Waals surface area contributed by atoms with E-state index in [0.29, 0.717) is 25.1 Å². The Hall–Kier alpha value is -3.15. The highest BCUT2D eigenvalue weighted by Gasteiger charge is 2.27. The van der Waals surface area contributed by atoms with Crippen LogP contribution >= 0.6 is 0 Å². The molecule has 1 saturated heterocycles. The molecule has 1 aliphatic heterocycles. The summed E-state index contributed by atoms with van der Waals surface area (Å²) in [4.78, 5) is 38.1. The lowest BCUT2D eigenvalue weighted by molar-refractivity contribution is -0.132. The average Bonchev–Trinajstić information content (AvgIpc) is 2.70. The number of likely N-dealkylation sites (tertiary alicyclic amines) is 1. The zero-order valence-electron chi connectivity index (χ0n) is 14.4. The number of rotatable bonds is 3. The van der Waals surface area contributed by atoms with Crippen LogP contribution in [0.5, 0.6) is 0 Å². The second-order valence-corrected chi connectivity index (χ2v) is 6.30. The normalized spacial score (nSPS) is 16.8. The highest BCUT2D eigenvalue weighted by atomic mass is 16.2. The molecule has 26 heavy (non-hydrogen) atoms. The minimum Gasteiger partial charge on any atom is -0.338 e. The maximum absolute atomic E-state index is 12.5. The Kier molecular flexibility index (Phi) is 5.31. The van der Waals surface area contributed by atoms with Crippen LogP contribution in [0.1, 0.15) is 23.2 Å². The molecule has 0 radical (unpaired) electrons. The topological polar surface area (TPSA) is 78.5 Å². The quantitative estimate of drug-likeness (QED) is 0.656. The fourth-order valence-electron chi connectivity index (χ4n) is 3.23. The summed E-state index contributed by atoms with van der Waals surface area (Å²) in [6.07, 6.45) is 2.68. The van der Waals surface area contributed by atoms with Gasteiger partial charge < -0.3 is 4.90 Å². The molecule has 3 amide bonds. The van der Waals surface area contributed by atoms with E-state index in [-0.39, 0.29) is 23.6 Å². The summed E-state index contributed by atoms with van der Waals surface area (Å²) in [6.45, 7) is 4.43. The number of nitrogens with zero attached hydrogens (tertiary/aromatic N) is 1. The van der Waals surface area contributed by atoms with E-state index in [1.165, 1.54) is 6.08 Å². The van der Waals surface area contributed by atoms with Gasteiger partial charge in [-0.05, 0) is 35.8 Å². The van der Waals surface area contributed by atoms with Gasteiger partial charge in [-0.25, -0.2) is 0 Å². The third-order valence-corrected chi connectivity index (χ3v) is 4.61. The summed E-state index contributed by atoms with van der Waals surface area (Å²) >= 11 is 0. The van der Waals surface area contributed by atoms with Crippen LogP contribution in [-0.2, 0) is 9.59 Å². The van der Waals surface area contributed by atoms with Crippen LogP contribution in [0.2, 0.25) is 0 Å². The van der Waals surface area contributed by atoms with Crippen molar-refractivity contribution in [2.24, 2.45) is 5.92 Å². The summed E-state index contributed by atoms with van der Waals surface area (Å²) in [5.41, 5.74) is 5.47. The Morgan fingerprint density at radius 3 is 2.65 bits per heavy atom. The van der Waals surface area contributed by atoms with Gasteiger partial charge in [-0.1, -0.05) is 43.0 Å². The van der Waals surface area contributed by atoms with E-state index in [1.54, 1.807) is 17.0 Å². The van der Waals surface area contributed by atoms with E-state index in [1.807, 2.05) is 30.3 Å². The summed E-state index contributed by atoms with van der Waals surface area (Å²) in [5, 5.41) is 1.78. The minimum absolute atomic E-state index is 0.178. The number of carbonyl (C=O) groups is 3. The second kappa shape index (κ2) is 7.82. The van der Waals surface area contributed by atoms with Crippen molar-refractivity contribution >= 4 is 28.5 Å². The van der Waals surface area contributed by atoms with Gasteiger partial charge in [-0.3, -0.25) is 25.2 Å². The third kappa shape index (κ3) is 3.74. The molecular formula is C20H21N3O3. The first-order chi connectivity index (χ1) is 12.6. The fourth-order valence-corrected chi connectivity index (χ4v) is 3.23. The van der Waals surface area contributed by atoms with Crippen molar-refractivity contribution in [3.05, 3.63) is 60.7 Å². The first kappa shape index (κ1) is 17.7. The van der Waals surface area contributed by atoms with Crippen molar-refractivity contribution in [2.45, 2.75) is 12.8 Å². The van der Waals surface area contributed by atoms with Crippen LogP contribution in [0.4, 0.5) is 0 Å². The highest BCUT2D eigenvalue weighted by Crippen LogP contribution is 2.19. The van der Waals surface area contributed by atoms with E-state index < -0.39 is 0 Å². The maximum Gasteiger partial charge on any atom is 0.270 e. The van der Waals surface area contributed by atoms with Gasteiger partial charge in [0.2, 0.25) is 11.8 Å². The smallest absolute Gasteiger partial charge is 0.270 e. The van der Waals surface area contributed by atoms with Crippen LogP contribution in [-0.4, -0.2) is 35.7 Å². The molecule has 1 aliphatic rings. The molecule has 6 nitrogen and oxygen atoms in total. The maximum atomic E-state index is 12.5. The second-order valence-electron chi connectivity index (χ2n) is 6.30. The first-order valence-electron chi connectivity index (χ1n) is 8.59. The van der Waals surface area contributed by atoms with Gasteiger partial charge in [0.25, 0.3) is 5.91 Å². The molecule has 1 fully saturated rings. The molecule has 0 spiro atoms. The fraction of sp³-hybridized carbons (Fsp3) is 0.250. The number of nitrogens with one attached hydrogen (secondary N) is 2. The van der Waals surface area contributed by atoms with Gasteiger partial charge in [0.05, 0.1) is 5.92 Å². The molecule has 134 valence electrons. The summed E-state index contributed by atoms with van der Waals surface area (Å²) in [5.74, 6) is -1.19.